The number of likely N-dealkylation sites (tertiary alicyclic amines) is 1. The molecule has 1 aromatic rings. The highest BCUT2D eigenvalue weighted by molar-refractivity contribution is 6.35. The summed E-state index contributed by atoms with van der Waals surface area (Å²) in [6.07, 6.45) is 1.34. The number of carbonyl (C=O) groups is 3. The van der Waals surface area contributed by atoms with Crippen molar-refractivity contribution in [1.29, 1.82) is 0 Å². The van der Waals surface area contributed by atoms with Crippen molar-refractivity contribution in [1.82, 2.24) is 4.90 Å². The summed E-state index contributed by atoms with van der Waals surface area (Å²) in [5.41, 5.74) is -0.589. The summed E-state index contributed by atoms with van der Waals surface area (Å²) >= 11 is 11.8. The van der Waals surface area contributed by atoms with Crippen LogP contribution in [-0.4, -0.2) is 29.2 Å². The fourth-order valence-corrected chi connectivity index (χ4v) is 4.55. The van der Waals surface area contributed by atoms with Crippen LogP contribution >= 0.6 is 23.2 Å². The monoisotopic (exact) mass is 382 g/mol. The number of benzene rings is 1. The maximum Gasteiger partial charge on any atom is 0.244 e. The number of amides is 3. The van der Waals surface area contributed by atoms with Crippen molar-refractivity contribution in [2.75, 3.05) is 11.9 Å². The summed E-state index contributed by atoms with van der Waals surface area (Å²) in [5.74, 6) is -1.22. The molecule has 134 valence electrons. The van der Waals surface area contributed by atoms with E-state index in [1.54, 1.807) is 18.2 Å². The minimum atomic E-state index is -0.620. The zero-order valence-electron chi connectivity index (χ0n) is 14.4. The summed E-state index contributed by atoms with van der Waals surface area (Å²) in [5, 5.41) is 3.42. The Labute approximate surface area is 156 Å². The number of piperidine rings is 1. The Morgan fingerprint density at radius 2 is 1.80 bits per heavy atom. The van der Waals surface area contributed by atoms with Gasteiger partial charge in [0.05, 0.1) is 5.41 Å². The average Bonchev–Trinajstić information content (AvgIpc) is 2.67. The molecule has 2 unspecified atom stereocenters. The number of hydrogen-bond donors (Lipinski definition) is 1. The van der Waals surface area contributed by atoms with E-state index in [1.807, 2.05) is 20.8 Å². The number of hydrogen-bond acceptors (Lipinski definition) is 3. The first-order chi connectivity index (χ1) is 11.6. The van der Waals surface area contributed by atoms with Crippen LogP contribution in [0.2, 0.25) is 10.0 Å². The molecule has 1 heterocycles. The Kier molecular flexibility index (Phi) is 4.36. The van der Waals surface area contributed by atoms with Crippen LogP contribution in [0.5, 0.6) is 0 Å². The van der Waals surface area contributed by atoms with E-state index in [2.05, 4.69) is 5.32 Å². The van der Waals surface area contributed by atoms with Crippen molar-refractivity contribution >= 4 is 46.6 Å². The van der Waals surface area contributed by atoms with Crippen molar-refractivity contribution in [2.45, 2.75) is 33.6 Å². The molecule has 2 fully saturated rings. The summed E-state index contributed by atoms with van der Waals surface area (Å²) in [6.45, 7) is 5.52. The zero-order chi connectivity index (χ0) is 18.6. The maximum absolute atomic E-state index is 12.9. The Balaban J connectivity index is 1.78. The topological polar surface area (TPSA) is 66.5 Å². The van der Waals surface area contributed by atoms with Crippen LogP contribution in [0.25, 0.3) is 0 Å². The molecule has 3 rings (SSSR count). The van der Waals surface area contributed by atoms with Crippen molar-refractivity contribution in [3.05, 3.63) is 28.2 Å². The second-order valence-corrected chi connectivity index (χ2v) is 8.45. The lowest BCUT2D eigenvalue weighted by Gasteiger charge is -2.47. The van der Waals surface area contributed by atoms with Crippen LogP contribution in [0.15, 0.2) is 18.2 Å². The minimum Gasteiger partial charge on any atom is -0.324 e. The Hall–Kier alpha value is -1.59. The quantitative estimate of drug-likeness (QED) is 0.809. The second kappa shape index (κ2) is 5.99. The molecule has 25 heavy (non-hydrogen) atoms. The van der Waals surface area contributed by atoms with E-state index in [0.29, 0.717) is 28.6 Å². The molecular formula is C18H20Cl2N2O3. The number of imide groups is 1. The van der Waals surface area contributed by atoms with E-state index >= 15 is 0 Å². The summed E-state index contributed by atoms with van der Waals surface area (Å²) in [7, 11) is 0. The molecule has 1 saturated carbocycles. The number of nitrogens with one attached hydrogen (secondary N) is 1. The summed E-state index contributed by atoms with van der Waals surface area (Å²) < 4.78 is 0. The lowest BCUT2D eigenvalue weighted by molar-refractivity contribution is -0.168. The first kappa shape index (κ1) is 18.2. The predicted octanol–water partition coefficient (Wildman–Crippen LogP) is 3.74. The molecule has 1 aliphatic heterocycles. The molecular weight excluding hydrogens is 363 g/mol. The van der Waals surface area contributed by atoms with Gasteiger partial charge in [-0.25, -0.2) is 0 Å². The number of fused-ring (bicyclic) bond motifs is 2. The normalized spacial score (nSPS) is 27.6. The van der Waals surface area contributed by atoms with Gasteiger partial charge in [-0.15, -0.1) is 0 Å². The summed E-state index contributed by atoms with van der Waals surface area (Å²) in [6, 6.07) is 4.66. The molecule has 3 amide bonds. The van der Waals surface area contributed by atoms with Gasteiger partial charge in [0.15, 0.2) is 0 Å². The number of halogens is 2. The largest absolute Gasteiger partial charge is 0.324 e. The lowest BCUT2D eigenvalue weighted by atomic mass is 9.62. The van der Waals surface area contributed by atoms with E-state index in [4.69, 9.17) is 23.2 Å². The van der Waals surface area contributed by atoms with Crippen LogP contribution in [-0.2, 0) is 14.4 Å². The van der Waals surface area contributed by atoms with Crippen molar-refractivity contribution < 1.29 is 14.4 Å². The number of nitrogens with zero attached hydrogens (tertiary/aromatic N) is 1. The van der Waals surface area contributed by atoms with Crippen molar-refractivity contribution in [2.24, 2.45) is 16.7 Å². The molecule has 0 radical (unpaired) electrons. The van der Waals surface area contributed by atoms with Gasteiger partial charge in [0.25, 0.3) is 0 Å². The van der Waals surface area contributed by atoms with Gasteiger partial charge in [0.2, 0.25) is 17.7 Å². The molecule has 2 bridgehead atoms. The number of anilines is 1. The van der Waals surface area contributed by atoms with Gasteiger partial charge in [-0.2, -0.15) is 0 Å². The minimum absolute atomic E-state index is 0.233. The van der Waals surface area contributed by atoms with E-state index < -0.39 is 16.7 Å². The average molecular weight is 383 g/mol. The first-order valence-corrected chi connectivity index (χ1v) is 8.93. The Morgan fingerprint density at radius 1 is 1.20 bits per heavy atom. The third kappa shape index (κ3) is 2.83. The molecule has 1 aromatic carbocycles. The molecule has 1 saturated heterocycles. The highest BCUT2D eigenvalue weighted by Gasteiger charge is 2.64. The standard InChI is InChI=1S/C18H20Cl2N2O3/c1-17(2)13-4-5-18(17,3)16(25)22(15(13)24)9-14(23)21-12-7-10(19)6-11(20)8-12/h6-8,13H,4-5,9H2,1-3H3,(H,21,23). The first-order valence-electron chi connectivity index (χ1n) is 8.18. The molecule has 1 aliphatic carbocycles. The Morgan fingerprint density at radius 3 is 2.40 bits per heavy atom. The summed E-state index contributed by atoms with van der Waals surface area (Å²) in [4.78, 5) is 39.1. The van der Waals surface area contributed by atoms with Crippen LogP contribution < -0.4 is 5.32 Å². The maximum atomic E-state index is 12.9. The van der Waals surface area contributed by atoms with Gasteiger partial charge in [-0.3, -0.25) is 19.3 Å². The third-order valence-electron chi connectivity index (χ3n) is 5.96. The SMILES string of the molecule is CC12CCC(C(=O)N(CC(=O)Nc3cc(Cl)cc(Cl)c3)C1=O)C2(C)C. The molecule has 7 heteroatoms. The third-order valence-corrected chi connectivity index (χ3v) is 6.39. The second-order valence-electron chi connectivity index (χ2n) is 7.58. The highest BCUT2D eigenvalue weighted by atomic mass is 35.5. The van der Waals surface area contributed by atoms with Crippen molar-refractivity contribution in [3.8, 4) is 0 Å². The fourth-order valence-electron chi connectivity index (χ4n) is 4.02. The molecule has 2 aliphatic rings. The lowest BCUT2D eigenvalue weighted by Crippen LogP contribution is -2.60. The fraction of sp³-hybridized carbons (Fsp3) is 0.500. The van der Waals surface area contributed by atoms with Gasteiger partial charge in [-0.05, 0) is 36.5 Å². The number of rotatable bonds is 3. The smallest absolute Gasteiger partial charge is 0.244 e. The van der Waals surface area contributed by atoms with Crippen LogP contribution in [0.1, 0.15) is 33.6 Å². The van der Waals surface area contributed by atoms with Crippen LogP contribution in [0.4, 0.5) is 5.69 Å². The van der Waals surface area contributed by atoms with E-state index in [-0.39, 0.29) is 24.3 Å². The van der Waals surface area contributed by atoms with Gasteiger partial charge < -0.3 is 5.32 Å². The molecule has 5 nitrogen and oxygen atoms in total. The highest BCUT2D eigenvalue weighted by Crippen LogP contribution is 2.59. The molecule has 0 spiro atoms. The Bertz CT molecular complexity index is 757. The van der Waals surface area contributed by atoms with Gasteiger partial charge >= 0.3 is 0 Å². The predicted molar refractivity (Wildman–Crippen MR) is 96.4 cm³/mol. The van der Waals surface area contributed by atoms with E-state index in [0.717, 1.165) is 4.90 Å². The van der Waals surface area contributed by atoms with Gasteiger partial charge in [0.1, 0.15) is 6.54 Å². The van der Waals surface area contributed by atoms with E-state index in [1.165, 1.54) is 0 Å². The van der Waals surface area contributed by atoms with Crippen molar-refractivity contribution in [3.63, 3.8) is 0 Å². The molecule has 0 aromatic heterocycles. The van der Waals surface area contributed by atoms with Gasteiger partial charge in [-0.1, -0.05) is 44.0 Å². The molecule has 1 N–H and O–H groups in total. The van der Waals surface area contributed by atoms with Crippen LogP contribution in [0.3, 0.4) is 0 Å². The number of carbonyl (C=O) groups excluding carboxylic acids is 3. The van der Waals surface area contributed by atoms with Gasteiger partial charge in [0, 0.05) is 21.7 Å². The zero-order valence-corrected chi connectivity index (χ0v) is 15.9. The molecule has 2 atom stereocenters. The van der Waals surface area contributed by atoms with E-state index in [9.17, 15) is 14.4 Å². The van der Waals surface area contributed by atoms with Crippen LogP contribution in [0, 0.1) is 16.7 Å².